The highest BCUT2D eigenvalue weighted by Crippen LogP contribution is 2.02. The normalized spacial score (nSPS) is 9.47. The van der Waals surface area contributed by atoms with Crippen LogP contribution in [-0.4, -0.2) is 59.0 Å². The minimum Gasteiger partial charge on any atom is -0.480 e. The monoisotopic (exact) mass is 269 g/mol. The van der Waals surface area contributed by atoms with Crippen molar-refractivity contribution in [3.63, 3.8) is 0 Å². The van der Waals surface area contributed by atoms with Gasteiger partial charge in [-0.15, -0.1) is 6.42 Å². The van der Waals surface area contributed by atoms with Crippen LogP contribution in [0.25, 0.3) is 0 Å². The van der Waals surface area contributed by atoms with E-state index in [1.165, 1.54) is 4.90 Å². The van der Waals surface area contributed by atoms with Crippen LogP contribution in [0.1, 0.15) is 19.8 Å². The van der Waals surface area contributed by atoms with Gasteiger partial charge in [0, 0.05) is 6.54 Å². The van der Waals surface area contributed by atoms with Gasteiger partial charge >= 0.3 is 12.0 Å². The summed E-state index contributed by atoms with van der Waals surface area (Å²) in [5, 5.41) is 8.73. The molecular formula is C12H19N3O4. The van der Waals surface area contributed by atoms with E-state index in [9.17, 15) is 14.4 Å². The molecule has 3 amide bonds. The summed E-state index contributed by atoms with van der Waals surface area (Å²) in [5.74, 6) is 0.396. The molecule has 0 heterocycles. The highest BCUT2D eigenvalue weighted by molar-refractivity contribution is 5.85. The van der Waals surface area contributed by atoms with Crippen molar-refractivity contribution in [1.29, 1.82) is 0 Å². The highest BCUT2D eigenvalue weighted by atomic mass is 16.4. The number of carbonyl (C=O) groups excluding carboxylic acids is 2. The fourth-order valence-corrected chi connectivity index (χ4v) is 1.44. The van der Waals surface area contributed by atoms with Crippen molar-refractivity contribution in [3.8, 4) is 12.3 Å². The second-order valence-corrected chi connectivity index (χ2v) is 3.98. The number of primary amides is 1. The van der Waals surface area contributed by atoms with Crippen molar-refractivity contribution in [2.24, 2.45) is 5.73 Å². The lowest BCUT2D eigenvalue weighted by Gasteiger charge is -2.27. The van der Waals surface area contributed by atoms with E-state index in [-0.39, 0.29) is 13.1 Å². The number of unbranched alkanes of at least 4 members (excludes halogenated alkanes) is 1. The van der Waals surface area contributed by atoms with E-state index >= 15 is 0 Å². The Morgan fingerprint density at radius 3 is 2.32 bits per heavy atom. The quantitative estimate of drug-likeness (QED) is 0.591. The van der Waals surface area contributed by atoms with Gasteiger partial charge in [-0.2, -0.15) is 0 Å². The van der Waals surface area contributed by atoms with Gasteiger partial charge in [0.25, 0.3) is 0 Å². The molecule has 0 spiro atoms. The Labute approximate surface area is 112 Å². The number of carboxylic acids is 1. The summed E-state index contributed by atoms with van der Waals surface area (Å²) in [6, 6.07) is -0.590. The topological polar surface area (TPSA) is 104 Å². The van der Waals surface area contributed by atoms with Crippen LogP contribution in [0, 0.1) is 12.3 Å². The molecule has 7 heteroatoms. The first-order valence-corrected chi connectivity index (χ1v) is 5.89. The molecule has 3 N–H and O–H groups in total. The smallest absolute Gasteiger partial charge is 0.323 e. The van der Waals surface area contributed by atoms with E-state index in [1.807, 2.05) is 6.92 Å². The average molecular weight is 269 g/mol. The first kappa shape index (κ1) is 16.8. The number of carbonyl (C=O) groups is 3. The first-order valence-electron chi connectivity index (χ1n) is 5.89. The molecular weight excluding hydrogens is 250 g/mol. The summed E-state index contributed by atoms with van der Waals surface area (Å²) in [6.45, 7) is 1.37. The fourth-order valence-electron chi connectivity index (χ4n) is 1.44. The Morgan fingerprint density at radius 2 is 1.89 bits per heavy atom. The largest absolute Gasteiger partial charge is 0.480 e. The number of urea groups is 1. The number of nitrogens with zero attached hydrogens (tertiary/aromatic N) is 2. The van der Waals surface area contributed by atoms with Crippen LogP contribution in [0.2, 0.25) is 0 Å². The van der Waals surface area contributed by atoms with Gasteiger partial charge in [0.05, 0.1) is 6.54 Å². The molecule has 0 aliphatic rings. The summed E-state index contributed by atoms with van der Waals surface area (Å²) in [5.41, 5.74) is 5.07. The van der Waals surface area contributed by atoms with E-state index in [0.29, 0.717) is 13.0 Å². The molecule has 0 saturated heterocycles. The maximum absolute atomic E-state index is 12.1. The van der Waals surface area contributed by atoms with Crippen LogP contribution >= 0.6 is 0 Å². The van der Waals surface area contributed by atoms with Gasteiger partial charge in [-0.1, -0.05) is 19.3 Å². The molecule has 0 fully saturated rings. The third-order valence-corrected chi connectivity index (χ3v) is 2.28. The molecule has 0 rings (SSSR count). The van der Waals surface area contributed by atoms with Gasteiger partial charge in [-0.3, -0.25) is 9.59 Å². The number of hydrogen-bond acceptors (Lipinski definition) is 3. The zero-order valence-corrected chi connectivity index (χ0v) is 11.0. The predicted molar refractivity (Wildman–Crippen MR) is 69.1 cm³/mol. The number of rotatable bonds is 8. The first-order chi connectivity index (χ1) is 8.92. The van der Waals surface area contributed by atoms with E-state index in [2.05, 4.69) is 5.92 Å². The van der Waals surface area contributed by atoms with E-state index < -0.39 is 24.5 Å². The van der Waals surface area contributed by atoms with Crippen LogP contribution in [0.4, 0.5) is 4.79 Å². The van der Waals surface area contributed by atoms with Crippen LogP contribution in [0.5, 0.6) is 0 Å². The predicted octanol–water partition coefficient (Wildman–Crippen LogP) is -0.286. The van der Waals surface area contributed by atoms with Crippen LogP contribution in [-0.2, 0) is 9.59 Å². The standard InChI is InChI=1S/C12H19N3O4/c1-3-5-7-15(8-10(13)16)12(19)14(6-4-2)9-11(17)18/h2H,3,5-9H2,1H3,(H2,13,16)(H,17,18). The SMILES string of the molecule is C#CCN(CC(=O)O)C(=O)N(CCCC)CC(N)=O. The van der Waals surface area contributed by atoms with E-state index in [4.69, 9.17) is 17.3 Å². The van der Waals surface area contributed by atoms with Crippen LogP contribution in [0.15, 0.2) is 0 Å². The van der Waals surface area contributed by atoms with Gasteiger partial charge < -0.3 is 20.6 Å². The summed E-state index contributed by atoms with van der Waals surface area (Å²) < 4.78 is 0. The van der Waals surface area contributed by atoms with Gasteiger partial charge in [-0.05, 0) is 6.42 Å². The summed E-state index contributed by atoms with van der Waals surface area (Å²) in [7, 11) is 0. The molecule has 7 nitrogen and oxygen atoms in total. The Bertz CT molecular complexity index is 376. The van der Waals surface area contributed by atoms with Gasteiger partial charge in [0.2, 0.25) is 5.91 Å². The number of amides is 3. The molecule has 0 aliphatic heterocycles. The third kappa shape index (κ3) is 6.93. The van der Waals surface area contributed by atoms with Crippen molar-refractivity contribution in [2.45, 2.75) is 19.8 Å². The number of hydrogen-bond donors (Lipinski definition) is 2. The van der Waals surface area contributed by atoms with Crippen molar-refractivity contribution in [2.75, 3.05) is 26.2 Å². The molecule has 0 aromatic rings. The minimum atomic E-state index is -1.17. The fraction of sp³-hybridized carbons (Fsp3) is 0.583. The molecule has 0 aromatic heterocycles. The molecule has 0 unspecified atom stereocenters. The van der Waals surface area contributed by atoms with E-state index in [0.717, 1.165) is 11.3 Å². The van der Waals surface area contributed by atoms with E-state index in [1.54, 1.807) is 0 Å². The third-order valence-electron chi connectivity index (χ3n) is 2.28. The van der Waals surface area contributed by atoms with Crippen LogP contribution in [0.3, 0.4) is 0 Å². The summed E-state index contributed by atoms with van der Waals surface area (Å²) in [6.07, 6.45) is 6.62. The van der Waals surface area contributed by atoms with Crippen molar-refractivity contribution in [3.05, 3.63) is 0 Å². The molecule has 0 aliphatic carbocycles. The Morgan fingerprint density at radius 1 is 1.26 bits per heavy atom. The number of terminal acetylenes is 1. The lowest BCUT2D eigenvalue weighted by Crippen LogP contribution is -2.48. The van der Waals surface area contributed by atoms with Gasteiger partial charge in [-0.25, -0.2) is 4.79 Å². The highest BCUT2D eigenvalue weighted by Gasteiger charge is 2.23. The Balaban J connectivity index is 4.83. The molecule has 0 saturated carbocycles. The maximum Gasteiger partial charge on any atom is 0.323 e. The second kappa shape index (κ2) is 8.80. The second-order valence-electron chi connectivity index (χ2n) is 3.98. The molecule has 0 bridgehead atoms. The summed E-state index contributed by atoms with van der Waals surface area (Å²) in [4.78, 5) is 35.9. The summed E-state index contributed by atoms with van der Waals surface area (Å²) >= 11 is 0. The van der Waals surface area contributed by atoms with Crippen molar-refractivity contribution in [1.82, 2.24) is 9.80 Å². The maximum atomic E-state index is 12.1. The number of carboxylic acid groups (broad SMARTS) is 1. The lowest BCUT2D eigenvalue weighted by atomic mass is 10.3. The van der Waals surface area contributed by atoms with Crippen molar-refractivity contribution >= 4 is 17.9 Å². The van der Waals surface area contributed by atoms with Gasteiger partial charge in [0.15, 0.2) is 0 Å². The number of aliphatic carboxylic acids is 1. The molecule has 0 radical (unpaired) electrons. The molecule has 106 valence electrons. The molecule has 19 heavy (non-hydrogen) atoms. The minimum absolute atomic E-state index is 0.132. The Hall–Kier alpha value is -2.23. The molecule has 0 atom stereocenters. The Kier molecular flexibility index (Phi) is 7.77. The zero-order valence-electron chi connectivity index (χ0n) is 11.0. The lowest BCUT2D eigenvalue weighted by molar-refractivity contribution is -0.137. The average Bonchev–Trinajstić information content (AvgIpc) is 2.32. The van der Waals surface area contributed by atoms with Crippen LogP contribution < -0.4 is 5.73 Å². The van der Waals surface area contributed by atoms with Gasteiger partial charge in [0.1, 0.15) is 13.1 Å². The van der Waals surface area contributed by atoms with Crippen molar-refractivity contribution < 1.29 is 19.5 Å². The number of nitrogens with two attached hydrogens (primary N) is 1. The molecule has 0 aromatic carbocycles. The zero-order chi connectivity index (χ0) is 14.8.